The molecule has 1 atom stereocenters. The molecular formula is C14H27NO2. The number of piperidine rings is 1. The standard InChI is InChI=1S/C14H27NO2/c1-2-3-4-5-6-7-11-17-14(16)13-9-8-10-15-12-13/h13,15H,2-12H2,1H3/t13-/m0/s1. The molecule has 17 heavy (non-hydrogen) atoms. The van der Waals surface area contributed by atoms with Crippen molar-refractivity contribution in [2.24, 2.45) is 5.92 Å². The number of hydrogen-bond acceptors (Lipinski definition) is 3. The van der Waals surface area contributed by atoms with E-state index in [0.29, 0.717) is 6.61 Å². The molecule has 0 amide bonds. The van der Waals surface area contributed by atoms with Gasteiger partial charge in [0.1, 0.15) is 0 Å². The van der Waals surface area contributed by atoms with Gasteiger partial charge in [-0.2, -0.15) is 0 Å². The molecule has 3 heteroatoms. The van der Waals surface area contributed by atoms with Crippen LogP contribution in [0.15, 0.2) is 0 Å². The van der Waals surface area contributed by atoms with Gasteiger partial charge in [-0.05, 0) is 25.8 Å². The SMILES string of the molecule is CCCCCCCCOC(=O)[C@H]1CCCNC1. The summed E-state index contributed by atoms with van der Waals surface area (Å²) in [6, 6.07) is 0. The van der Waals surface area contributed by atoms with Gasteiger partial charge in [-0.15, -0.1) is 0 Å². The van der Waals surface area contributed by atoms with Crippen molar-refractivity contribution in [3.8, 4) is 0 Å². The van der Waals surface area contributed by atoms with Crippen molar-refractivity contribution in [3.63, 3.8) is 0 Å². The zero-order chi connectivity index (χ0) is 12.3. The third-order valence-corrected chi connectivity index (χ3v) is 3.37. The van der Waals surface area contributed by atoms with E-state index in [-0.39, 0.29) is 11.9 Å². The first-order valence-corrected chi connectivity index (χ1v) is 7.22. The first kappa shape index (κ1) is 14.5. The van der Waals surface area contributed by atoms with Gasteiger partial charge in [0.2, 0.25) is 0 Å². The number of unbranched alkanes of at least 4 members (excludes halogenated alkanes) is 5. The van der Waals surface area contributed by atoms with Gasteiger partial charge in [0.15, 0.2) is 0 Å². The number of carbonyl (C=O) groups excluding carboxylic acids is 1. The van der Waals surface area contributed by atoms with Crippen molar-refractivity contribution in [3.05, 3.63) is 0 Å². The summed E-state index contributed by atoms with van der Waals surface area (Å²) in [7, 11) is 0. The van der Waals surface area contributed by atoms with Crippen LogP contribution in [0.3, 0.4) is 0 Å². The zero-order valence-electron chi connectivity index (χ0n) is 11.2. The molecule has 1 saturated heterocycles. The molecule has 1 fully saturated rings. The van der Waals surface area contributed by atoms with E-state index in [1.165, 1.54) is 32.1 Å². The highest BCUT2D eigenvalue weighted by molar-refractivity contribution is 5.72. The maximum atomic E-state index is 11.7. The lowest BCUT2D eigenvalue weighted by Gasteiger charge is -2.21. The maximum absolute atomic E-state index is 11.7. The molecule has 1 heterocycles. The molecule has 0 aromatic carbocycles. The third-order valence-electron chi connectivity index (χ3n) is 3.37. The average Bonchev–Trinajstić information content (AvgIpc) is 2.38. The molecular weight excluding hydrogens is 214 g/mol. The van der Waals surface area contributed by atoms with Gasteiger partial charge in [-0.1, -0.05) is 39.0 Å². The molecule has 0 aromatic heterocycles. The maximum Gasteiger partial charge on any atom is 0.310 e. The Hall–Kier alpha value is -0.570. The van der Waals surface area contributed by atoms with Crippen molar-refractivity contribution in [2.45, 2.75) is 58.3 Å². The second-order valence-electron chi connectivity index (χ2n) is 4.98. The zero-order valence-corrected chi connectivity index (χ0v) is 11.2. The summed E-state index contributed by atoms with van der Waals surface area (Å²) in [6.45, 7) is 4.68. The molecule has 1 N–H and O–H groups in total. The Morgan fingerprint density at radius 2 is 2.00 bits per heavy atom. The number of carbonyl (C=O) groups is 1. The molecule has 3 nitrogen and oxygen atoms in total. The van der Waals surface area contributed by atoms with Gasteiger partial charge in [0.25, 0.3) is 0 Å². The Bertz CT molecular complexity index is 200. The summed E-state index contributed by atoms with van der Waals surface area (Å²) >= 11 is 0. The lowest BCUT2D eigenvalue weighted by atomic mass is 10.0. The first-order valence-electron chi connectivity index (χ1n) is 7.22. The number of ether oxygens (including phenoxy) is 1. The minimum atomic E-state index is 0.00533. The Labute approximate surface area is 105 Å². The summed E-state index contributed by atoms with van der Waals surface area (Å²) < 4.78 is 5.31. The highest BCUT2D eigenvalue weighted by Gasteiger charge is 2.21. The van der Waals surface area contributed by atoms with Crippen LogP contribution in [-0.2, 0) is 9.53 Å². The lowest BCUT2D eigenvalue weighted by Crippen LogP contribution is -2.35. The van der Waals surface area contributed by atoms with Crippen LogP contribution in [0, 0.1) is 5.92 Å². The van der Waals surface area contributed by atoms with Crippen LogP contribution in [-0.4, -0.2) is 25.7 Å². The minimum Gasteiger partial charge on any atom is -0.465 e. The molecule has 1 aliphatic heterocycles. The van der Waals surface area contributed by atoms with Crippen molar-refractivity contribution in [1.82, 2.24) is 5.32 Å². The lowest BCUT2D eigenvalue weighted by molar-refractivity contribution is -0.149. The Morgan fingerprint density at radius 3 is 2.71 bits per heavy atom. The highest BCUT2D eigenvalue weighted by atomic mass is 16.5. The molecule has 0 bridgehead atoms. The normalized spacial score (nSPS) is 20.2. The smallest absolute Gasteiger partial charge is 0.310 e. The average molecular weight is 241 g/mol. The van der Waals surface area contributed by atoms with E-state index in [1.807, 2.05) is 0 Å². The van der Waals surface area contributed by atoms with E-state index in [0.717, 1.165) is 32.4 Å². The Balaban J connectivity index is 1.92. The molecule has 0 radical (unpaired) electrons. The van der Waals surface area contributed by atoms with Gasteiger partial charge >= 0.3 is 5.97 Å². The van der Waals surface area contributed by atoms with E-state index in [4.69, 9.17) is 4.74 Å². The van der Waals surface area contributed by atoms with E-state index < -0.39 is 0 Å². The van der Waals surface area contributed by atoms with Gasteiger partial charge in [0, 0.05) is 6.54 Å². The number of nitrogens with one attached hydrogen (secondary N) is 1. The second kappa shape index (κ2) is 9.46. The van der Waals surface area contributed by atoms with E-state index in [1.54, 1.807) is 0 Å². The summed E-state index contributed by atoms with van der Waals surface area (Å²) in [5.41, 5.74) is 0. The molecule has 0 saturated carbocycles. The topological polar surface area (TPSA) is 38.3 Å². The second-order valence-corrected chi connectivity index (χ2v) is 4.98. The van der Waals surface area contributed by atoms with E-state index >= 15 is 0 Å². The summed E-state index contributed by atoms with van der Waals surface area (Å²) in [5.74, 6) is 0.106. The van der Waals surface area contributed by atoms with E-state index in [2.05, 4.69) is 12.2 Å². The van der Waals surface area contributed by atoms with Crippen molar-refractivity contribution in [2.75, 3.05) is 19.7 Å². The van der Waals surface area contributed by atoms with Gasteiger partial charge < -0.3 is 10.1 Å². The highest BCUT2D eigenvalue weighted by Crippen LogP contribution is 2.12. The summed E-state index contributed by atoms with van der Waals surface area (Å²) in [6.07, 6.45) is 9.50. The fourth-order valence-electron chi connectivity index (χ4n) is 2.23. The fraction of sp³-hybridized carbons (Fsp3) is 0.929. The van der Waals surface area contributed by atoms with Crippen LogP contribution in [0.1, 0.15) is 58.3 Å². The number of esters is 1. The van der Waals surface area contributed by atoms with Crippen molar-refractivity contribution in [1.29, 1.82) is 0 Å². The van der Waals surface area contributed by atoms with Crippen LogP contribution in [0.25, 0.3) is 0 Å². The van der Waals surface area contributed by atoms with Gasteiger partial charge in [-0.3, -0.25) is 4.79 Å². The molecule has 1 rings (SSSR count). The van der Waals surface area contributed by atoms with Crippen molar-refractivity contribution >= 4 is 5.97 Å². The Kier molecular flexibility index (Phi) is 8.06. The van der Waals surface area contributed by atoms with Crippen LogP contribution in [0.4, 0.5) is 0 Å². The monoisotopic (exact) mass is 241 g/mol. The molecule has 0 aromatic rings. The van der Waals surface area contributed by atoms with Crippen LogP contribution in [0.2, 0.25) is 0 Å². The molecule has 1 aliphatic rings. The minimum absolute atomic E-state index is 0.00533. The quantitative estimate of drug-likeness (QED) is 0.524. The predicted molar refractivity (Wildman–Crippen MR) is 69.9 cm³/mol. The van der Waals surface area contributed by atoms with Crippen LogP contribution < -0.4 is 5.32 Å². The summed E-state index contributed by atoms with van der Waals surface area (Å²) in [4.78, 5) is 11.7. The van der Waals surface area contributed by atoms with E-state index in [9.17, 15) is 4.79 Å². The van der Waals surface area contributed by atoms with Crippen molar-refractivity contribution < 1.29 is 9.53 Å². The molecule has 0 spiro atoms. The van der Waals surface area contributed by atoms with Gasteiger partial charge in [-0.25, -0.2) is 0 Å². The number of hydrogen-bond donors (Lipinski definition) is 1. The van der Waals surface area contributed by atoms with Crippen LogP contribution in [0.5, 0.6) is 0 Å². The predicted octanol–water partition coefficient (Wildman–Crippen LogP) is 2.89. The Morgan fingerprint density at radius 1 is 1.24 bits per heavy atom. The number of rotatable bonds is 8. The first-order chi connectivity index (χ1) is 8.34. The largest absolute Gasteiger partial charge is 0.465 e. The molecule has 100 valence electrons. The van der Waals surface area contributed by atoms with Gasteiger partial charge in [0.05, 0.1) is 12.5 Å². The fourth-order valence-corrected chi connectivity index (χ4v) is 2.23. The third kappa shape index (κ3) is 6.67. The molecule has 0 aliphatic carbocycles. The summed E-state index contributed by atoms with van der Waals surface area (Å²) in [5, 5.41) is 3.24. The molecule has 0 unspecified atom stereocenters. The van der Waals surface area contributed by atoms with Crippen LogP contribution >= 0.6 is 0 Å².